The fourth-order valence-corrected chi connectivity index (χ4v) is 8.52. The van der Waals surface area contributed by atoms with Crippen LogP contribution in [0.15, 0.2) is 0 Å². The van der Waals surface area contributed by atoms with Gasteiger partial charge in [0.1, 0.15) is 0 Å². The minimum absolute atomic E-state index is 0.0816. The van der Waals surface area contributed by atoms with Crippen LogP contribution in [0.1, 0.15) is 74.1 Å². The Morgan fingerprint density at radius 1 is 0.935 bits per heavy atom. The molecule has 2 unspecified atom stereocenters. The van der Waals surface area contributed by atoms with Gasteiger partial charge in [0.15, 0.2) is 14.6 Å². The van der Waals surface area contributed by atoms with Crippen molar-refractivity contribution in [1.82, 2.24) is 0 Å². The number of ether oxygens (including phenoxy) is 2. The van der Waals surface area contributed by atoms with Gasteiger partial charge in [0.2, 0.25) is 0 Å². The summed E-state index contributed by atoms with van der Waals surface area (Å²) in [6.45, 7) is 21.9. The summed E-state index contributed by atoms with van der Waals surface area (Å²) in [6.07, 6.45) is 4.22. The quantitative estimate of drug-likeness (QED) is 0.356. The Hall–Kier alpha value is 0.0569. The van der Waals surface area contributed by atoms with Gasteiger partial charge in [-0.25, -0.2) is 0 Å². The van der Waals surface area contributed by atoms with Gasteiger partial charge in [0.05, 0.1) is 6.10 Å². The second-order valence-corrected chi connectivity index (χ2v) is 16.9. The number of hydrogen-bond donors (Lipinski definition) is 1. The number of rotatable bonds is 8. The SMILES string of the molecule is CCOC(OCC)C1C[C@@H]2[C@H]3C[C@@H](C)[C@@H](CC)[C@@H]3[C@H](O[Si](C)(C)C(C)(C)C)C[C@@H]2C1O. The van der Waals surface area contributed by atoms with E-state index in [0.29, 0.717) is 36.9 Å². The van der Waals surface area contributed by atoms with E-state index in [-0.39, 0.29) is 29.5 Å². The van der Waals surface area contributed by atoms with Crippen LogP contribution in [0.5, 0.6) is 0 Å². The molecule has 0 saturated heterocycles. The van der Waals surface area contributed by atoms with Crippen LogP contribution in [-0.2, 0) is 13.9 Å². The van der Waals surface area contributed by atoms with E-state index in [9.17, 15) is 5.11 Å². The van der Waals surface area contributed by atoms with E-state index < -0.39 is 8.32 Å². The first kappa shape index (κ1) is 25.7. The van der Waals surface area contributed by atoms with Gasteiger partial charge in [-0.1, -0.05) is 41.0 Å². The molecule has 0 radical (unpaired) electrons. The van der Waals surface area contributed by atoms with Gasteiger partial charge < -0.3 is 19.0 Å². The molecule has 182 valence electrons. The Bertz CT molecular complexity index is 582. The third kappa shape index (κ3) is 4.82. The van der Waals surface area contributed by atoms with Gasteiger partial charge in [-0.15, -0.1) is 0 Å². The molecule has 3 fully saturated rings. The number of aliphatic hydroxyl groups is 1. The number of hydrogen-bond acceptors (Lipinski definition) is 4. The molecule has 0 amide bonds. The molecule has 0 bridgehead atoms. The topological polar surface area (TPSA) is 47.9 Å². The van der Waals surface area contributed by atoms with E-state index in [1.165, 1.54) is 12.8 Å². The van der Waals surface area contributed by atoms with Crippen molar-refractivity contribution < 1.29 is 19.0 Å². The number of aliphatic hydroxyl groups excluding tert-OH is 1. The second-order valence-electron chi connectivity index (χ2n) is 12.2. The maximum atomic E-state index is 11.5. The molecule has 3 aliphatic rings. The van der Waals surface area contributed by atoms with Gasteiger partial charge in [-0.05, 0) is 86.7 Å². The summed E-state index contributed by atoms with van der Waals surface area (Å²) in [5.41, 5.74) is 0. The molecule has 0 spiro atoms. The standard InChI is InChI=1S/C26H50O4Si/c1-10-17-16(4)13-19-18-14-21(25(28-11-2)29-12-3)24(27)20(18)15-22(23(17)19)30-31(8,9)26(5,6)7/h16-25,27H,10-15H2,1-9H3/t16-,17-,18-,19-,20+,21?,22-,23+,24?/m1/s1. The minimum Gasteiger partial charge on any atom is -0.414 e. The molecule has 0 aromatic heterocycles. The molecule has 9 atom stereocenters. The highest BCUT2D eigenvalue weighted by atomic mass is 28.4. The van der Waals surface area contributed by atoms with E-state index in [1.807, 2.05) is 13.8 Å². The van der Waals surface area contributed by atoms with Crippen LogP contribution in [0.2, 0.25) is 18.1 Å². The molecule has 4 nitrogen and oxygen atoms in total. The van der Waals surface area contributed by atoms with E-state index in [0.717, 1.165) is 24.7 Å². The molecule has 1 N–H and O–H groups in total. The van der Waals surface area contributed by atoms with Gasteiger partial charge in [-0.2, -0.15) is 0 Å². The Labute approximate surface area is 192 Å². The molecular weight excluding hydrogens is 404 g/mol. The fraction of sp³-hybridized carbons (Fsp3) is 1.00. The Kier molecular flexibility index (Phi) is 8.06. The van der Waals surface area contributed by atoms with Crippen molar-refractivity contribution in [2.45, 2.75) is 111 Å². The number of fused-ring (bicyclic) bond motifs is 3. The smallest absolute Gasteiger partial charge is 0.192 e. The van der Waals surface area contributed by atoms with Crippen molar-refractivity contribution in [3.8, 4) is 0 Å². The summed E-state index contributed by atoms with van der Waals surface area (Å²) in [6, 6.07) is 0. The normalized spacial score (nSPS) is 40.9. The van der Waals surface area contributed by atoms with Crippen LogP contribution < -0.4 is 0 Å². The summed E-state index contributed by atoms with van der Waals surface area (Å²) in [5.74, 6) is 3.76. The first-order valence-corrected chi connectivity index (χ1v) is 16.0. The lowest BCUT2D eigenvalue weighted by molar-refractivity contribution is -0.183. The highest BCUT2D eigenvalue weighted by Crippen LogP contribution is 2.61. The van der Waals surface area contributed by atoms with Crippen molar-refractivity contribution in [3.05, 3.63) is 0 Å². The van der Waals surface area contributed by atoms with Crippen LogP contribution in [-0.4, -0.2) is 45.1 Å². The van der Waals surface area contributed by atoms with E-state index in [4.69, 9.17) is 13.9 Å². The van der Waals surface area contributed by atoms with Gasteiger partial charge in [0, 0.05) is 25.2 Å². The van der Waals surface area contributed by atoms with Crippen molar-refractivity contribution in [1.29, 1.82) is 0 Å². The fourth-order valence-electron chi connectivity index (χ4n) is 7.15. The average Bonchev–Trinajstić information content (AvgIpc) is 3.17. The lowest BCUT2D eigenvalue weighted by Gasteiger charge is -2.49. The van der Waals surface area contributed by atoms with E-state index in [1.54, 1.807) is 0 Å². The van der Waals surface area contributed by atoms with Gasteiger partial charge in [-0.3, -0.25) is 0 Å². The lowest BCUT2D eigenvalue weighted by Crippen LogP contribution is -2.51. The predicted octanol–water partition coefficient (Wildman–Crippen LogP) is 6.09. The van der Waals surface area contributed by atoms with Crippen molar-refractivity contribution >= 4 is 8.32 Å². The van der Waals surface area contributed by atoms with Crippen molar-refractivity contribution in [2.24, 2.45) is 41.4 Å². The zero-order chi connectivity index (χ0) is 23.1. The lowest BCUT2D eigenvalue weighted by atomic mass is 9.65. The van der Waals surface area contributed by atoms with Crippen LogP contribution in [0, 0.1) is 41.4 Å². The maximum absolute atomic E-state index is 11.5. The summed E-state index contributed by atoms with van der Waals surface area (Å²) >= 11 is 0. The third-order valence-corrected chi connectivity index (χ3v) is 14.1. The molecule has 3 rings (SSSR count). The van der Waals surface area contributed by atoms with Crippen LogP contribution in [0.3, 0.4) is 0 Å². The Balaban J connectivity index is 1.89. The van der Waals surface area contributed by atoms with E-state index in [2.05, 4.69) is 47.7 Å². The summed E-state index contributed by atoms with van der Waals surface area (Å²) in [4.78, 5) is 0. The predicted molar refractivity (Wildman–Crippen MR) is 129 cm³/mol. The molecule has 5 heteroatoms. The maximum Gasteiger partial charge on any atom is 0.192 e. The zero-order valence-corrected chi connectivity index (χ0v) is 22.7. The molecule has 0 aliphatic heterocycles. The summed E-state index contributed by atoms with van der Waals surface area (Å²) < 4.78 is 19.1. The first-order chi connectivity index (χ1) is 14.5. The van der Waals surface area contributed by atoms with Crippen LogP contribution in [0.25, 0.3) is 0 Å². The second kappa shape index (κ2) is 9.73. The monoisotopic (exact) mass is 454 g/mol. The summed E-state index contributed by atoms with van der Waals surface area (Å²) in [7, 11) is -1.88. The molecule has 0 heterocycles. The molecule has 0 aromatic carbocycles. The summed E-state index contributed by atoms with van der Waals surface area (Å²) in [5, 5.41) is 11.7. The zero-order valence-electron chi connectivity index (χ0n) is 21.7. The van der Waals surface area contributed by atoms with E-state index >= 15 is 0 Å². The van der Waals surface area contributed by atoms with Crippen molar-refractivity contribution in [2.75, 3.05) is 13.2 Å². The Morgan fingerprint density at radius 2 is 1.55 bits per heavy atom. The molecule has 3 aliphatic carbocycles. The van der Waals surface area contributed by atoms with Crippen LogP contribution in [0.4, 0.5) is 0 Å². The molecule has 0 aromatic rings. The average molecular weight is 455 g/mol. The van der Waals surface area contributed by atoms with Crippen molar-refractivity contribution in [3.63, 3.8) is 0 Å². The minimum atomic E-state index is -1.88. The Morgan fingerprint density at radius 3 is 2.06 bits per heavy atom. The molecular formula is C26H50O4Si. The highest BCUT2D eigenvalue weighted by molar-refractivity contribution is 6.74. The molecule has 31 heavy (non-hydrogen) atoms. The largest absolute Gasteiger partial charge is 0.414 e. The van der Waals surface area contributed by atoms with Crippen LogP contribution >= 0.6 is 0 Å². The van der Waals surface area contributed by atoms with Gasteiger partial charge in [0.25, 0.3) is 0 Å². The first-order valence-electron chi connectivity index (χ1n) is 13.1. The third-order valence-electron chi connectivity index (χ3n) is 9.55. The molecule has 3 saturated carbocycles. The highest BCUT2D eigenvalue weighted by Gasteiger charge is 2.60. The van der Waals surface area contributed by atoms with Gasteiger partial charge >= 0.3 is 0 Å².